The van der Waals surface area contributed by atoms with E-state index in [-0.39, 0.29) is 24.3 Å². The van der Waals surface area contributed by atoms with Gasteiger partial charge in [0.15, 0.2) is 5.60 Å². The van der Waals surface area contributed by atoms with Crippen molar-refractivity contribution in [3.63, 3.8) is 0 Å². The number of aryl methyl sites for hydroxylation is 1. The first kappa shape index (κ1) is 28.7. The van der Waals surface area contributed by atoms with Crippen LogP contribution < -0.4 is 10.2 Å². The van der Waals surface area contributed by atoms with E-state index in [1.807, 2.05) is 61.7 Å². The molecule has 2 fully saturated rings. The maximum absolute atomic E-state index is 16.0. The van der Waals surface area contributed by atoms with Gasteiger partial charge in [0.25, 0.3) is 5.91 Å². The summed E-state index contributed by atoms with van der Waals surface area (Å²) < 4.78 is 24.5. The number of benzene rings is 2. The molecule has 9 nitrogen and oxygen atoms in total. The van der Waals surface area contributed by atoms with Gasteiger partial charge in [-0.3, -0.25) is 14.3 Å². The summed E-state index contributed by atoms with van der Waals surface area (Å²) in [4.78, 5) is 28.1. The van der Waals surface area contributed by atoms with Crippen LogP contribution in [0, 0.1) is 5.92 Å². The van der Waals surface area contributed by atoms with E-state index in [0.717, 1.165) is 24.1 Å². The lowest BCUT2D eigenvalue weighted by atomic mass is 9.82. The summed E-state index contributed by atoms with van der Waals surface area (Å²) in [7, 11) is -3.30. The standard InChI is InChI=1S/C31H38FN5O4Si/c1-20-29(42(2,3)32)27(14-16-36-18-26(34-35-36)23(19-38)21-9-5-4-6-10-21)41-31(20)24-17-22(12-13-25(24)33-30(31)40)37-15-8-7-11-28(37)39/h4-6,9-10,12-13,17-18,20,23,27,29,38H,7-8,11,14-16,19H2,1-3H3,(H,33,40)/t20-,23?,27+,29-,31+/m1/s1. The molecular weight excluding hydrogens is 553 g/mol. The Morgan fingerprint density at radius 2 is 1.98 bits per heavy atom. The third-order valence-electron chi connectivity index (χ3n) is 9.27. The smallest absolute Gasteiger partial charge is 0.261 e. The largest absolute Gasteiger partial charge is 0.395 e. The van der Waals surface area contributed by atoms with Crippen molar-refractivity contribution in [2.75, 3.05) is 23.4 Å². The minimum atomic E-state index is -3.30. The molecule has 1 spiro atoms. The third kappa shape index (κ3) is 4.87. The van der Waals surface area contributed by atoms with Crippen LogP contribution >= 0.6 is 0 Å². The summed E-state index contributed by atoms with van der Waals surface area (Å²) in [5.74, 6) is -0.917. The number of aromatic nitrogens is 3. The van der Waals surface area contributed by atoms with E-state index in [1.165, 1.54) is 0 Å². The molecule has 1 unspecified atom stereocenters. The highest BCUT2D eigenvalue weighted by molar-refractivity contribution is 6.72. The molecule has 2 aromatic carbocycles. The van der Waals surface area contributed by atoms with E-state index >= 15 is 4.11 Å². The van der Waals surface area contributed by atoms with Crippen LogP contribution in [0.15, 0.2) is 54.7 Å². The highest BCUT2D eigenvalue weighted by atomic mass is 28.4. The fourth-order valence-electron chi connectivity index (χ4n) is 7.27. The highest BCUT2D eigenvalue weighted by Gasteiger charge is 2.65. The molecule has 42 heavy (non-hydrogen) atoms. The van der Waals surface area contributed by atoms with Gasteiger partial charge in [0.2, 0.25) is 14.3 Å². The number of amides is 2. The van der Waals surface area contributed by atoms with Gasteiger partial charge in [-0.15, -0.1) is 5.10 Å². The lowest BCUT2D eigenvalue weighted by Crippen LogP contribution is -2.42. The molecule has 0 saturated carbocycles. The number of nitrogens with one attached hydrogen (secondary N) is 1. The number of carbonyl (C=O) groups is 2. The van der Waals surface area contributed by atoms with Gasteiger partial charge in [0.1, 0.15) is 0 Å². The van der Waals surface area contributed by atoms with Crippen LogP contribution in [-0.4, -0.2) is 59.6 Å². The van der Waals surface area contributed by atoms with E-state index in [0.29, 0.717) is 42.9 Å². The first-order valence-corrected chi connectivity index (χ1v) is 17.8. The highest BCUT2D eigenvalue weighted by Crippen LogP contribution is 2.59. The number of nitrogens with zero attached hydrogens (tertiary/aromatic N) is 4. The quantitative estimate of drug-likeness (QED) is 0.289. The molecule has 1 aromatic heterocycles. The normalized spacial score (nSPS) is 26.5. The summed E-state index contributed by atoms with van der Waals surface area (Å²) in [6.07, 6.45) is 4.06. The predicted octanol–water partition coefficient (Wildman–Crippen LogP) is 4.74. The van der Waals surface area contributed by atoms with E-state index < -0.39 is 31.6 Å². The molecule has 5 atom stereocenters. The summed E-state index contributed by atoms with van der Waals surface area (Å²) in [5.41, 5.74) is 1.90. The van der Waals surface area contributed by atoms with Crippen molar-refractivity contribution in [1.29, 1.82) is 0 Å². The average Bonchev–Trinajstić information content (AvgIpc) is 3.63. The number of piperidine rings is 1. The molecule has 0 radical (unpaired) electrons. The third-order valence-corrected chi connectivity index (χ3v) is 11.7. The van der Waals surface area contributed by atoms with E-state index in [2.05, 4.69) is 15.6 Å². The van der Waals surface area contributed by atoms with E-state index in [4.69, 9.17) is 4.74 Å². The van der Waals surface area contributed by atoms with Gasteiger partial charge < -0.3 is 24.2 Å². The van der Waals surface area contributed by atoms with Gasteiger partial charge >= 0.3 is 0 Å². The summed E-state index contributed by atoms with van der Waals surface area (Å²) in [5, 5.41) is 21.6. The summed E-state index contributed by atoms with van der Waals surface area (Å²) >= 11 is 0. The first-order chi connectivity index (χ1) is 20.1. The van der Waals surface area contributed by atoms with E-state index in [9.17, 15) is 14.7 Å². The minimum Gasteiger partial charge on any atom is -0.395 e. The Kier molecular flexibility index (Phi) is 7.53. The van der Waals surface area contributed by atoms with Crippen molar-refractivity contribution in [3.05, 3.63) is 71.5 Å². The van der Waals surface area contributed by atoms with Gasteiger partial charge in [-0.05, 0) is 56.1 Å². The van der Waals surface area contributed by atoms with Crippen LogP contribution in [0.5, 0.6) is 0 Å². The fourth-order valence-corrected chi connectivity index (χ4v) is 9.81. The van der Waals surface area contributed by atoms with Crippen LogP contribution in [0.2, 0.25) is 18.6 Å². The zero-order valence-corrected chi connectivity index (χ0v) is 25.3. The van der Waals surface area contributed by atoms with Gasteiger partial charge in [-0.1, -0.05) is 42.5 Å². The van der Waals surface area contributed by atoms with Gasteiger partial charge in [0, 0.05) is 54.1 Å². The number of anilines is 2. The molecule has 2 amide bonds. The van der Waals surface area contributed by atoms with Crippen LogP contribution in [0.3, 0.4) is 0 Å². The van der Waals surface area contributed by atoms with Crippen LogP contribution in [-0.2, 0) is 26.5 Å². The van der Waals surface area contributed by atoms with Gasteiger partial charge in [0.05, 0.1) is 24.3 Å². The Hall–Kier alpha value is -3.41. The number of hydrogen-bond donors (Lipinski definition) is 2. The molecule has 222 valence electrons. The number of fused-ring (bicyclic) bond motifs is 2. The predicted molar refractivity (Wildman–Crippen MR) is 159 cm³/mol. The number of ether oxygens (including phenoxy) is 1. The monoisotopic (exact) mass is 591 g/mol. The topological polar surface area (TPSA) is 110 Å². The second kappa shape index (κ2) is 11.0. The van der Waals surface area contributed by atoms with Crippen LogP contribution in [0.25, 0.3) is 0 Å². The number of hydrogen-bond acceptors (Lipinski definition) is 6. The van der Waals surface area contributed by atoms with Crippen molar-refractivity contribution < 1.29 is 23.5 Å². The van der Waals surface area contributed by atoms with Crippen molar-refractivity contribution in [2.45, 2.75) is 75.4 Å². The molecule has 2 N–H and O–H groups in total. The Morgan fingerprint density at radius 1 is 1.19 bits per heavy atom. The molecule has 3 aliphatic heterocycles. The molecule has 11 heteroatoms. The van der Waals surface area contributed by atoms with Crippen molar-refractivity contribution in [2.24, 2.45) is 5.92 Å². The fraction of sp³-hybridized carbons (Fsp3) is 0.484. The Bertz CT molecular complexity index is 1480. The SMILES string of the molecule is C[C@@H]1[C@@H]([Si](C)(C)F)[C@H](CCn2cc(C(CO)c3ccccc3)nn2)O[C@@]12C(=O)Nc1ccc(N3CCCCC3=O)cc12. The van der Waals surface area contributed by atoms with Gasteiger partial charge in [-0.25, -0.2) is 0 Å². The van der Waals surface area contributed by atoms with Crippen molar-refractivity contribution >= 4 is 31.6 Å². The molecule has 3 aromatic rings. The summed E-state index contributed by atoms with van der Waals surface area (Å²) in [6.45, 7) is 6.24. The maximum Gasteiger partial charge on any atom is 0.261 e. The number of rotatable bonds is 8. The molecule has 2 saturated heterocycles. The zero-order chi connectivity index (χ0) is 29.6. The van der Waals surface area contributed by atoms with Crippen molar-refractivity contribution in [3.8, 4) is 0 Å². The Morgan fingerprint density at radius 3 is 2.69 bits per heavy atom. The number of halogens is 1. The Labute approximate surface area is 246 Å². The molecule has 0 bridgehead atoms. The number of aliphatic hydroxyl groups is 1. The number of aliphatic hydroxyl groups excluding tert-OH is 1. The van der Waals surface area contributed by atoms with Crippen molar-refractivity contribution in [1.82, 2.24) is 15.0 Å². The van der Waals surface area contributed by atoms with Gasteiger partial charge in [-0.2, -0.15) is 0 Å². The summed E-state index contributed by atoms with van der Waals surface area (Å²) in [6, 6.07) is 15.2. The molecular formula is C31H38FN5O4Si. The molecule has 4 heterocycles. The van der Waals surface area contributed by atoms with Crippen LogP contribution in [0.1, 0.15) is 55.3 Å². The Balaban J connectivity index is 1.27. The van der Waals surface area contributed by atoms with E-state index in [1.54, 1.807) is 22.7 Å². The lowest BCUT2D eigenvalue weighted by molar-refractivity contribution is -0.143. The second-order valence-electron chi connectivity index (χ2n) is 12.3. The maximum atomic E-state index is 16.0. The number of carbonyl (C=O) groups excluding carboxylic acids is 2. The molecule has 6 rings (SSSR count). The first-order valence-electron chi connectivity index (χ1n) is 14.8. The second-order valence-corrected chi connectivity index (χ2v) is 16.1. The molecule has 3 aliphatic rings. The average molecular weight is 592 g/mol. The zero-order valence-electron chi connectivity index (χ0n) is 24.3. The minimum absolute atomic E-state index is 0.0730. The van der Waals surface area contributed by atoms with Crippen LogP contribution in [0.4, 0.5) is 15.5 Å². The molecule has 0 aliphatic carbocycles. The lowest BCUT2D eigenvalue weighted by Gasteiger charge is -2.31.